The summed E-state index contributed by atoms with van der Waals surface area (Å²) in [6, 6.07) is 5.06. The Balaban J connectivity index is 2.24. The third-order valence-corrected chi connectivity index (χ3v) is 2.70. The Bertz CT molecular complexity index is 709. The van der Waals surface area contributed by atoms with Crippen LogP contribution in [0.3, 0.4) is 0 Å². The van der Waals surface area contributed by atoms with Crippen molar-refractivity contribution in [3.8, 4) is 11.5 Å². The summed E-state index contributed by atoms with van der Waals surface area (Å²) in [6.07, 6.45) is -4.07. The number of hydrogen-bond donors (Lipinski definition) is 0. The number of alkyl halides is 3. The zero-order chi connectivity index (χ0) is 16.5. The second-order valence-electron chi connectivity index (χ2n) is 4.17. The second kappa shape index (κ2) is 5.47. The number of non-ortho nitro benzene ring substituents is 1. The average molecular weight is 315 g/mol. The molecule has 1 aromatic carbocycles. The minimum Gasteiger partial charge on any atom is -0.420 e. The van der Waals surface area contributed by atoms with E-state index in [2.05, 4.69) is 4.98 Å². The maximum Gasteiger partial charge on any atom is 0.471 e. The molecule has 0 bridgehead atoms. The third-order valence-electron chi connectivity index (χ3n) is 2.70. The molecule has 0 spiro atoms. The molecule has 10 heteroatoms. The van der Waals surface area contributed by atoms with Gasteiger partial charge in [-0.05, 0) is 12.1 Å². The Morgan fingerprint density at radius 3 is 2.41 bits per heavy atom. The van der Waals surface area contributed by atoms with Crippen molar-refractivity contribution in [2.75, 3.05) is 11.9 Å². The Labute approximate surface area is 121 Å². The van der Waals surface area contributed by atoms with E-state index in [9.17, 15) is 28.1 Å². The van der Waals surface area contributed by atoms with Crippen LogP contribution in [-0.4, -0.2) is 29.0 Å². The number of benzene rings is 1. The standard InChI is InChI=1S/C12H8F3N3O4/c1-17(11(19)12(13,14)15)9-6-16-10(22-9)7-2-4-8(5-3-7)18(20)21/h2-6H,1H3. The summed E-state index contributed by atoms with van der Waals surface area (Å²) < 4.78 is 42.0. The maximum absolute atomic E-state index is 12.3. The number of carbonyl (C=O) groups excluding carboxylic acids is 1. The van der Waals surface area contributed by atoms with Gasteiger partial charge >= 0.3 is 12.1 Å². The molecule has 1 aromatic heterocycles. The van der Waals surface area contributed by atoms with Crippen LogP contribution in [0.1, 0.15) is 0 Å². The van der Waals surface area contributed by atoms with Crippen LogP contribution < -0.4 is 4.90 Å². The number of aromatic nitrogens is 1. The predicted molar refractivity (Wildman–Crippen MR) is 68.1 cm³/mol. The normalized spacial score (nSPS) is 11.3. The molecule has 7 nitrogen and oxygen atoms in total. The van der Waals surface area contributed by atoms with Crippen molar-refractivity contribution in [2.24, 2.45) is 0 Å². The number of anilines is 1. The molecule has 2 rings (SSSR count). The first-order valence-corrected chi connectivity index (χ1v) is 5.75. The zero-order valence-electron chi connectivity index (χ0n) is 11.0. The monoisotopic (exact) mass is 315 g/mol. The van der Waals surface area contributed by atoms with Crippen molar-refractivity contribution in [3.63, 3.8) is 0 Å². The van der Waals surface area contributed by atoms with Crippen LogP contribution in [0.25, 0.3) is 11.5 Å². The molecule has 0 unspecified atom stereocenters. The number of carbonyl (C=O) groups is 1. The Morgan fingerprint density at radius 1 is 1.32 bits per heavy atom. The van der Waals surface area contributed by atoms with Crippen molar-refractivity contribution in [2.45, 2.75) is 6.18 Å². The van der Waals surface area contributed by atoms with Crippen LogP contribution in [0.5, 0.6) is 0 Å². The van der Waals surface area contributed by atoms with Gasteiger partial charge in [0.25, 0.3) is 5.69 Å². The molecule has 0 saturated carbocycles. The minimum atomic E-state index is -5.03. The Hall–Kier alpha value is -2.91. The van der Waals surface area contributed by atoms with E-state index >= 15 is 0 Å². The van der Waals surface area contributed by atoms with Crippen molar-refractivity contribution < 1.29 is 27.3 Å². The SMILES string of the molecule is CN(C(=O)C(F)(F)F)c1cnc(-c2ccc([N+](=O)[O-])cc2)o1. The smallest absolute Gasteiger partial charge is 0.420 e. The molecule has 0 aliphatic rings. The van der Waals surface area contributed by atoms with E-state index in [-0.39, 0.29) is 16.5 Å². The lowest BCUT2D eigenvalue weighted by Gasteiger charge is -2.14. The van der Waals surface area contributed by atoms with Gasteiger partial charge in [0, 0.05) is 24.7 Å². The van der Waals surface area contributed by atoms with Crippen molar-refractivity contribution in [1.29, 1.82) is 0 Å². The van der Waals surface area contributed by atoms with E-state index in [1.807, 2.05) is 0 Å². The highest BCUT2D eigenvalue weighted by Crippen LogP contribution is 2.27. The molecular formula is C12H8F3N3O4. The van der Waals surface area contributed by atoms with Gasteiger partial charge in [-0.15, -0.1) is 0 Å². The molecule has 1 amide bonds. The van der Waals surface area contributed by atoms with Crippen LogP contribution in [0.15, 0.2) is 34.9 Å². The molecule has 116 valence electrons. The molecule has 22 heavy (non-hydrogen) atoms. The van der Waals surface area contributed by atoms with Gasteiger partial charge in [-0.3, -0.25) is 19.8 Å². The molecular weight excluding hydrogens is 307 g/mol. The van der Waals surface area contributed by atoms with Crippen molar-refractivity contribution in [1.82, 2.24) is 4.98 Å². The number of nitro benzene ring substituents is 1. The van der Waals surface area contributed by atoms with E-state index in [0.717, 1.165) is 13.2 Å². The summed E-state index contributed by atoms with van der Waals surface area (Å²) in [5.74, 6) is -2.55. The lowest BCUT2D eigenvalue weighted by atomic mass is 10.2. The Morgan fingerprint density at radius 2 is 1.91 bits per heavy atom. The van der Waals surface area contributed by atoms with Gasteiger partial charge in [0.1, 0.15) is 0 Å². The highest BCUT2D eigenvalue weighted by Gasteiger charge is 2.42. The summed E-state index contributed by atoms with van der Waals surface area (Å²) >= 11 is 0. The molecule has 2 aromatic rings. The summed E-state index contributed by atoms with van der Waals surface area (Å²) in [7, 11) is 0.899. The number of halogens is 3. The van der Waals surface area contributed by atoms with Gasteiger partial charge in [-0.25, -0.2) is 4.98 Å². The van der Waals surface area contributed by atoms with Crippen LogP contribution in [0.4, 0.5) is 24.7 Å². The van der Waals surface area contributed by atoms with Crippen molar-refractivity contribution in [3.05, 3.63) is 40.6 Å². The first kappa shape index (κ1) is 15.5. The summed E-state index contributed by atoms with van der Waals surface area (Å²) in [4.78, 5) is 25.0. The number of hydrogen-bond acceptors (Lipinski definition) is 5. The summed E-state index contributed by atoms with van der Waals surface area (Å²) in [5, 5.41) is 10.5. The zero-order valence-corrected chi connectivity index (χ0v) is 11.0. The van der Waals surface area contributed by atoms with Crippen LogP contribution in [0.2, 0.25) is 0 Å². The number of oxazole rings is 1. The quantitative estimate of drug-likeness (QED) is 0.642. The predicted octanol–water partition coefficient (Wildman–Crippen LogP) is 2.77. The fraction of sp³-hybridized carbons (Fsp3) is 0.167. The molecule has 0 aliphatic carbocycles. The second-order valence-corrected chi connectivity index (χ2v) is 4.17. The molecule has 0 N–H and O–H groups in total. The van der Waals surface area contributed by atoms with Gasteiger partial charge in [0.2, 0.25) is 11.8 Å². The van der Waals surface area contributed by atoms with Gasteiger partial charge < -0.3 is 4.42 Å². The first-order valence-electron chi connectivity index (χ1n) is 5.75. The molecule has 0 aliphatic heterocycles. The fourth-order valence-electron chi connectivity index (χ4n) is 1.57. The van der Waals surface area contributed by atoms with Crippen LogP contribution in [-0.2, 0) is 4.79 Å². The van der Waals surface area contributed by atoms with Gasteiger partial charge in [-0.2, -0.15) is 13.2 Å². The minimum absolute atomic E-state index is 0.0632. The highest BCUT2D eigenvalue weighted by atomic mass is 19.4. The van der Waals surface area contributed by atoms with Crippen LogP contribution >= 0.6 is 0 Å². The number of rotatable bonds is 3. The third kappa shape index (κ3) is 3.05. The molecule has 0 saturated heterocycles. The largest absolute Gasteiger partial charge is 0.471 e. The van der Waals surface area contributed by atoms with Gasteiger partial charge in [0.05, 0.1) is 11.1 Å². The van der Waals surface area contributed by atoms with Gasteiger partial charge in [0.15, 0.2) is 0 Å². The van der Waals surface area contributed by atoms with E-state index in [1.54, 1.807) is 0 Å². The summed E-state index contributed by atoms with van der Waals surface area (Å²) in [5.41, 5.74) is 0.171. The Kier molecular flexibility index (Phi) is 3.85. The number of nitro groups is 1. The molecule has 0 atom stereocenters. The molecule has 0 fully saturated rings. The van der Waals surface area contributed by atoms with E-state index < -0.39 is 22.9 Å². The number of nitrogens with zero attached hydrogens (tertiary/aromatic N) is 3. The maximum atomic E-state index is 12.3. The van der Waals surface area contributed by atoms with Crippen LogP contribution in [0, 0.1) is 10.1 Å². The lowest BCUT2D eigenvalue weighted by Crippen LogP contribution is -2.38. The lowest BCUT2D eigenvalue weighted by molar-refractivity contribution is -0.384. The highest BCUT2D eigenvalue weighted by molar-refractivity contribution is 5.95. The van der Waals surface area contributed by atoms with E-state index in [1.165, 1.54) is 24.3 Å². The molecule has 1 heterocycles. The fourth-order valence-corrected chi connectivity index (χ4v) is 1.57. The summed E-state index contributed by atoms with van der Waals surface area (Å²) in [6.45, 7) is 0. The van der Waals surface area contributed by atoms with E-state index in [4.69, 9.17) is 4.42 Å². The average Bonchev–Trinajstić information content (AvgIpc) is 2.94. The topological polar surface area (TPSA) is 89.5 Å². The first-order chi connectivity index (χ1) is 10.2. The van der Waals surface area contributed by atoms with Crippen molar-refractivity contribution >= 4 is 17.5 Å². The number of amides is 1. The molecule has 0 radical (unpaired) electrons. The van der Waals surface area contributed by atoms with Gasteiger partial charge in [-0.1, -0.05) is 0 Å². The van der Waals surface area contributed by atoms with E-state index in [0.29, 0.717) is 5.56 Å².